The third kappa shape index (κ3) is 1.59. The Labute approximate surface area is 98.1 Å². The number of hydrogen-bond donors (Lipinski definition) is 0. The van der Waals surface area contributed by atoms with E-state index in [1.54, 1.807) is 6.92 Å². The third-order valence-corrected chi connectivity index (χ3v) is 4.78. The summed E-state index contributed by atoms with van der Waals surface area (Å²) in [6, 6.07) is 0. The molecular formula is C14H22O2. The highest BCUT2D eigenvalue weighted by atomic mass is 16.5. The molecule has 0 saturated heterocycles. The Morgan fingerprint density at radius 2 is 2.12 bits per heavy atom. The van der Waals surface area contributed by atoms with Crippen molar-refractivity contribution in [1.82, 2.24) is 0 Å². The maximum atomic E-state index is 11.8. The summed E-state index contributed by atoms with van der Waals surface area (Å²) in [7, 11) is 0. The number of hydrogen-bond acceptors (Lipinski definition) is 2. The quantitative estimate of drug-likeness (QED) is 0.680. The molecule has 0 fully saturated rings. The second kappa shape index (κ2) is 3.90. The van der Waals surface area contributed by atoms with E-state index in [2.05, 4.69) is 20.8 Å². The molecule has 0 bridgehead atoms. The maximum Gasteiger partial charge on any atom is 0.136 e. The molecule has 2 nitrogen and oxygen atoms in total. The van der Waals surface area contributed by atoms with Crippen LogP contribution in [-0.2, 0) is 9.53 Å². The number of carbonyl (C=O) groups is 1. The predicted molar refractivity (Wildman–Crippen MR) is 63.9 cm³/mol. The van der Waals surface area contributed by atoms with Crippen LogP contribution >= 0.6 is 0 Å². The fraction of sp³-hybridized carbons (Fsp3) is 0.786. The molecule has 1 aliphatic carbocycles. The summed E-state index contributed by atoms with van der Waals surface area (Å²) in [6.07, 6.45) is 2.98. The molecule has 90 valence electrons. The number of carbonyl (C=O) groups excluding carboxylic acids is 1. The van der Waals surface area contributed by atoms with Gasteiger partial charge in [-0.1, -0.05) is 20.8 Å². The van der Waals surface area contributed by atoms with E-state index < -0.39 is 0 Å². The number of allylic oxidation sites excluding steroid dienone is 2. The van der Waals surface area contributed by atoms with E-state index >= 15 is 0 Å². The van der Waals surface area contributed by atoms with Crippen molar-refractivity contribution in [2.75, 3.05) is 6.61 Å². The molecule has 0 aromatic rings. The summed E-state index contributed by atoms with van der Waals surface area (Å²) in [6.45, 7) is 9.16. The van der Waals surface area contributed by atoms with Crippen LogP contribution in [0.5, 0.6) is 0 Å². The highest BCUT2D eigenvalue weighted by molar-refractivity contribution is 5.83. The number of rotatable bonds is 1. The fourth-order valence-corrected chi connectivity index (χ4v) is 3.17. The molecule has 0 amide bonds. The van der Waals surface area contributed by atoms with Gasteiger partial charge in [0.25, 0.3) is 0 Å². The van der Waals surface area contributed by atoms with Crippen LogP contribution in [0.2, 0.25) is 0 Å². The van der Waals surface area contributed by atoms with Crippen molar-refractivity contribution in [2.45, 2.75) is 47.0 Å². The second-order valence-corrected chi connectivity index (χ2v) is 5.61. The number of Topliss-reactive ketones (excluding diaryl/α,β-unsaturated/α-hetero) is 1. The fourth-order valence-electron chi connectivity index (χ4n) is 3.17. The molecule has 0 aromatic heterocycles. The average molecular weight is 222 g/mol. The topological polar surface area (TPSA) is 26.3 Å². The molecule has 0 aromatic carbocycles. The standard InChI is InChI=1S/C14H22O2/c1-9-6-8-16-12-5-7-14(4,11(3)15)10(2)13(9)12/h9-10H,5-8H2,1-4H3/t9-,10+,14-/m1/s1. The van der Waals surface area contributed by atoms with Gasteiger partial charge in [0.2, 0.25) is 0 Å². The summed E-state index contributed by atoms with van der Waals surface area (Å²) in [5, 5.41) is 0. The third-order valence-electron chi connectivity index (χ3n) is 4.78. The first kappa shape index (κ1) is 11.7. The average Bonchev–Trinajstić information content (AvgIpc) is 2.23. The van der Waals surface area contributed by atoms with Gasteiger partial charge in [-0.05, 0) is 37.2 Å². The summed E-state index contributed by atoms with van der Waals surface area (Å²) in [5.74, 6) is 2.43. The second-order valence-electron chi connectivity index (χ2n) is 5.61. The first-order valence-corrected chi connectivity index (χ1v) is 6.33. The van der Waals surface area contributed by atoms with E-state index in [9.17, 15) is 4.79 Å². The van der Waals surface area contributed by atoms with Crippen LogP contribution in [-0.4, -0.2) is 12.4 Å². The Kier molecular flexibility index (Phi) is 2.85. The van der Waals surface area contributed by atoms with Gasteiger partial charge in [0.05, 0.1) is 12.4 Å². The van der Waals surface area contributed by atoms with Gasteiger partial charge in [0, 0.05) is 11.8 Å². The Morgan fingerprint density at radius 1 is 1.44 bits per heavy atom. The molecule has 0 saturated carbocycles. The van der Waals surface area contributed by atoms with Crippen molar-refractivity contribution in [3.8, 4) is 0 Å². The molecule has 2 aliphatic rings. The largest absolute Gasteiger partial charge is 0.498 e. The molecule has 0 unspecified atom stereocenters. The zero-order chi connectivity index (χ0) is 11.9. The van der Waals surface area contributed by atoms with E-state index in [4.69, 9.17) is 4.74 Å². The molecule has 0 spiro atoms. The first-order chi connectivity index (χ1) is 7.47. The van der Waals surface area contributed by atoms with Gasteiger partial charge in [-0.25, -0.2) is 0 Å². The van der Waals surface area contributed by atoms with Gasteiger partial charge < -0.3 is 4.74 Å². The number of ketones is 1. The zero-order valence-corrected chi connectivity index (χ0v) is 10.8. The van der Waals surface area contributed by atoms with Crippen LogP contribution in [0.3, 0.4) is 0 Å². The highest BCUT2D eigenvalue weighted by Crippen LogP contribution is 2.49. The molecule has 1 aliphatic heterocycles. The Bertz CT molecular complexity index is 343. The first-order valence-electron chi connectivity index (χ1n) is 6.33. The SMILES string of the molecule is CC(=O)[C@]1(C)CCC2=C([C@H](C)CCO2)[C@@H]1C. The molecule has 2 rings (SSSR count). The molecule has 1 heterocycles. The van der Waals surface area contributed by atoms with Crippen molar-refractivity contribution >= 4 is 5.78 Å². The Balaban J connectivity index is 2.38. The lowest BCUT2D eigenvalue weighted by Gasteiger charge is -2.44. The van der Waals surface area contributed by atoms with E-state index in [0.717, 1.165) is 25.9 Å². The summed E-state index contributed by atoms with van der Waals surface area (Å²) >= 11 is 0. The van der Waals surface area contributed by atoms with Crippen LogP contribution in [0, 0.1) is 17.3 Å². The van der Waals surface area contributed by atoms with Crippen LogP contribution in [0.1, 0.15) is 47.0 Å². The van der Waals surface area contributed by atoms with E-state index in [0.29, 0.717) is 17.6 Å². The van der Waals surface area contributed by atoms with Crippen LogP contribution in [0.25, 0.3) is 0 Å². The monoisotopic (exact) mass is 222 g/mol. The van der Waals surface area contributed by atoms with Crippen LogP contribution in [0.4, 0.5) is 0 Å². The van der Waals surface area contributed by atoms with Gasteiger partial charge in [-0.3, -0.25) is 4.79 Å². The number of ether oxygens (including phenoxy) is 1. The van der Waals surface area contributed by atoms with Gasteiger partial charge >= 0.3 is 0 Å². The molecule has 0 N–H and O–H groups in total. The molecule has 16 heavy (non-hydrogen) atoms. The minimum absolute atomic E-state index is 0.173. The van der Waals surface area contributed by atoms with Crippen LogP contribution in [0.15, 0.2) is 11.3 Å². The molecule has 3 atom stereocenters. The summed E-state index contributed by atoms with van der Waals surface area (Å²) in [4.78, 5) is 11.8. The predicted octanol–water partition coefficient (Wildman–Crippen LogP) is 3.32. The van der Waals surface area contributed by atoms with Crippen LogP contribution < -0.4 is 0 Å². The lowest BCUT2D eigenvalue weighted by molar-refractivity contribution is -0.129. The van der Waals surface area contributed by atoms with Crippen molar-refractivity contribution in [2.24, 2.45) is 17.3 Å². The van der Waals surface area contributed by atoms with Gasteiger partial charge in [-0.2, -0.15) is 0 Å². The lowest BCUT2D eigenvalue weighted by atomic mass is 9.62. The highest BCUT2D eigenvalue weighted by Gasteiger charge is 2.44. The molecule has 0 radical (unpaired) electrons. The van der Waals surface area contributed by atoms with Crippen molar-refractivity contribution in [1.29, 1.82) is 0 Å². The summed E-state index contributed by atoms with van der Waals surface area (Å²) < 4.78 is 5.76. The van der Waals surface area contributed by atoms with E-state index in [1.807, 2.05) is 0 Å². The zero-order valence-electron chi connectivity index (χ0n) is 10.8. The maximum absolute atomic E-state index is 11.8. The van der Waals surface area contributed by atoms with Crippen molar-refractivity contribution < 1.29 is 9.53 Å². The Hall–Kier alpha value is -0.790. The summed E-state index contributed by atoms with van der Waals surface area (Å²) in [5.41, 5.74) is 1.24. The lowest BCUT2D eigenvalue weighted by Crippen LogP contribution is -2.40. The van der Waals surface area contributed by atoms with E-state index in [1.165, 1.54) is 11.3 Å². The van der Waals surface area contributed by atoms with Gasteiger partial charge in [0.15, 0.2) is 0 Å². The molecular weight excluding hydrogens is 200 g/mol. The smallest absolute Gasteiger partial charge is 0.136 e. The minimum atomic E-state index is -0.173. The van der Waals surface area contributed by atoms with Crippen molar-refractivity contribution in [3.05, 3.63) is 11.3 Å². The van der Waals surface area contributed by atoms with Crippen molar-refractivity contribution in [3.63, 3.8) is 0 Å². The van der Waals surface area contributed by atoms with Gasteiger partial charge in [0.1, 0.15) is 5.78 Å². The minimum Gasteiger partial charge on any atom is -0.498 e. The normalized spacial score (nSPS) is 39.0. The molecule has 2 heteroatoms. The van der Waals surface area contributed by atoms with E-state index in [-0.39, 0.29) is 5.41 Å². The Morgan fingerprint density at radius 3 is 2.75 bits per heavy atom. The van der Waals surface area contributed by atoms with Gasteiger partial charge in [-0.15, -0.1) is 0 Å².